The van der Waals surface area contributed by atoms with Gasteiger partial charge in [-0.1, -0.05) is 26.7 Å². The van der Waals surface area contributed by atoms with Crippen molar-refractivity contribution in [2.45, 2.75) is 52.0 Å². The fourth-order valence-corrected chi connectivity index (χ4v) is 3.33. The second-order valence-electron chi connectivity index (χ2n) is 6.95. The lowest BCUT2D eigenvalue weighted by molar-refractivity contribution is 0.0900. The van der Waals surface area contributed by atoms with Crippen LogP contribution in [0.25, 0.3) is 5.69 Å². The smallest absolute Gasteiger partial charge is 0.275 e. The molecule has 6 heteroatoms. The number of aromatic nitrogens is 2. The van der Waals surface area contributed by atoms with Crippen molar-refractivity contribution in [2.24, 2.45) is 5.92 Å². The summed E-state index contributed by atoms with van der Waals surface area (Å²) in [5.41, 5.74) is 0.957. The van der Waals surface area contributed by atoms with E-state index in [4.69, 9.17) is 4.74 Å². The zero-order valence-electron chi connectivity index (χ0n) is 15.4. The van der Waals surface area contributed by atoms with Crippen LogP contribution in [0.4, 0.5) is 4.39 Å². The van der Waals surface area contributed by atoms with Gasteiger partial charge in [0.15, 0.2) is 11.4 Å². The minimum absolute atomic E-state index is 0.172. The fraction of sp³-hybridized carbons (Fsp3) is 0.500. The molecule has 2 aromatic rings. The Hall–Kier alpha value is -2.37. The van der Waals surface area contributed by atoms with E-state index in [9.17, 15) is 9.18 Å². The Morgan fingerprint density at radius 1 is 1.31 bits per heavy atom. The highest BCUT2D eigenvalue weighted by atomic mass is 19.1. The molecule has 1 N–H and O–H groups in total. The summed E-state index contributed by atoms with van der Waals surface area (Å²) in [5.74, 6) is 0.396. The Bertz CT molecular complexity index is 742. The first-order valence-corrected chi connectivity index (χ1v) is 9.37. The predicted molar refractivity (Wildman–Crippen MR) is 98.2 cm³/mol. The average Bonchev–Trinajstić information content (AvgIpc) is 3.07. The van der Waals surface area contributed by atoms with Crippen molar-refractivity contribution >= 4 is 5.91 Å². The molecule has 5 nitrogen and oxygen atoms in total. The van der Waals surface area contributed by atoms with Gasteiger partial charge < -0.3 is 10.1 Å². The van der Waals surface area contributed by atoms with Crippen molar-refractivity contribution in [3.8, 4) is 11.4 Å². The van der Waals surface area contributed by atoms with Gasteiger partial charge in [-0.05, 0) is 49.4 Å². The lowest BCUT2D eigenvalue weighted by Crippen LogP contribution is -2.41. The lowest BCUT2D eigenvalue weighted by atomic mass is 9.86. The molecule has 0 spiro atoms. The van der Waals surface area contributed by atoms with Gasteiger partial charge in [0.1, 0.15) is 5.82 Å². The van der Waals surface area contributed by atoms with Crippen LogP contribution < -0.4 is 10.1 Å². The van der Waals surface area contributed by atoms with E-state index in [0.29, 0.717) is 24.0 Å². The number of carbonyl (C=O) groups is 1. The number of hydrogen-bond donors (Lipinski definition) is 1. The van der Waals surface area contributed by atoms with Crippen LogP contribution in [-0.4, -0.2) is 28.3 Å². The van der Waals surface area contributed by atoms with Crippen molar-refractivity contribution < 1.29 is 13.9 Å². The largest absolute Gasteiger partial charge is 0.489 e. The van der Waals surface area contributed by atoms with Gasteiger partial charge in [-0.25, -0.2) is 9.07 Å². The van der Waals surface area contributed by atoms with Crippen LogP contribution >= 0.6 is 0 Å². The van der Waals surface area contributed by atoms with E-state index in [1.165, 1.54) is 18.6 Å². The summed E-state index contributed by atoms with van der Waals surface area (Å²) in [4.78, 5) is 12.8. The molecule has 3 rings (SSSR count). The van der Waals surface area contributed by atoms with E-state index in [-0.39, 0.29) is 23.5 Å². The SMILES string of the molecule is CCCOc1cn(-c2ccc(F)cc2)nc1C(=O)NC1CCCCC1C. The highest BCUT2D eigenvalue weighted by molar-refractivity contribution is 5.95. The minimum atomic E-state index is -0.312. The summed E-state index contributed by atoms with van der Waals surface area (Å²) in [5, 5.41) is 7.53. The van der Waals surface area contributed by atoms with Gasteiger partial charge in [-0.15, -0.1) is 0 Å². The topological polar surface area (TPSA) is 56.2 Å². The maximum absolute atomic E-state index is 13.2. The number of benzene rings is 1. The molecule has 1 saturated carbocycles. The van der Waals surface area contributed by atoms with E-state index in [1.807, 2.05) is 6.92 Å². The number of ether oxygens (including phenoxy) is 1. The van der Waals surface area contributed by atoms with Gasteiger partial charge in [0.05, 0.1) is 18.5 Å². The molecule has 140 valence electrons. The predicted octanol–water partition coefficient (Wildman–Crippen LogP) is 4.11. The Kier molecular flexibility index (Phi) is 5.91. The highest BCUT2D eigenvalue weighted by Crippen LogP contribution is 2.25. The minimum Gasteiger partial charge on any atom is -0.489 e. The molecule has 2 unspecified atom stereocenters. The van der Waals surface area contributed by atoms with E-state index >= 15 is 0 Å². The molecule has 1 aromatic carbocycles. The molecule has 2 atom stereocenters. The van der Waals surface area contributed by atoms with Crippen molar-refractivity contribution in [1.82, 2.24) is 15.1 Å². The van der Waals surface area contributed by atoms with Gasteiger partial charge in [0, 0.05) is 6.04 Å². The number of carbonyl (C=O) groups excluding carboxylic acids is 1. The molecule has 0 aliphatic heterocycles. The molecular weight excluding hydrogens is 333 g/mol. The number of rotatable bonds is 6. The standard InChI is InChI=1S/C20H26FN3O2/c1-3-12-26-18-13-24(16-10-8-15(21)9-11-16)23-19(18)20(25)22-17-7-5-4-6-14(17)2/h8-11,13-14,17H,3-7,12H2,1-2H3,(H,22,25). The van der Waals surface area contributed by atoms with Crippen LogP contribution in [0.15, 0.2) is 30.5 Å². The van der Waals surface area contributed by atoms with E-state index in [1.54, 1.807) is 23.0 Å². The first-order valence-electron chi connectivity index (χ1n) is 9.37. The molecule has 0 bridgehead atoms. The molecule has 0 saturated heterocycles. The third kappa shape index (κ3) is 4.23. The van der Waals surface area contributed by atoms with Crippen molar-refractivity contribution in [1.29, 1.82) is 0 Å². The Morgan fingerprint density at radius 3 is 2.73 bits per heavy atom. The van der Waals surface area contributed by atoms with Gasteiger partial charge in [0.2, 0.25) is 0 Å². The lowest BCUT2D eigenvalue weighted by Gasteiger charge is -2.29. The van der Waals surface area contributed by atoms with Gasteiger partial charge in [0.25, 0.3) is 5.91 Å². The van der Waals surface area contributed by atoms with E-state index in [0.717, 1.165) is 25.7 Å². The monoisotopic (exact) mass is 359 g/mol. The Balaban J connectivity index is 1.83. The van der Waals surface area contributed by atoms with Crippen LogP contribution in [-0.2, 0) is 0 Å². The number of nitrogens with zero attached hydrogens (tertiary/aromatic N) is 2. The molecule has 26 heavy (non-hydrogen) atoms. The molecule has 0 radical (unpaired) electrons. The first kappa shape index (κ1) is 18.4. The zero-order chi connectivity index (χ0) is 18.5. The molecule has 1 amide bonds. The van der Waals surface area contributed by atoms with Gasteiger partial charge in [-0.2, -0.15) is 5.10 Å². The summed E-state index contributed by atoms with van der Waals surface area (Å²) in [6, 6.07) is 6.15. The molecule has 1 aromatic heterocycles. The second-order valence-corrected chi connectivity index (χ2v) is 6.95. The molecule has 1 aliphatic rings. The first-order chi connectivity index (χ1) is 12.6. The molecule has 1 heterocycles. The summed E-state index contributed by atoms with van der Waals surface area (Å²) >= 11 is 0. The van der Waals surface area contributed by atoms with Crippen LogP contribution in [0.2, 0.25) is 0 Å². The van der Waals surface area contributed by atoms with E-state index < -0.39 is 0 Å². The van der Waals surface area contributed by atoms with Gasteiger partial charge in [-0.3, -0.25) is 4.79 Å². The summed E-state index contributed by atoms with van der Waals surface area (Å²) < 4.78 is 20.5. The average molecular weight is 359 g/mol. The molecule has 1 aliphatic carbocycles. The van der Waals surface area contributed by atoms with Crippen LogP contribution in [0.3, 0.4) is 0 Å². The Morgan fingerprint density at radius 2 is 2.04 bits per heavy atom. The van der Waals surface area contributed by atoms with Crippen LogP contribution in [0.1, 0.15) is 56.4 Å². The zero-order valence-corrected chi connectivity index (χ0v) is 15.4. The third-order valence-electron chi connectivity index (χ3n) is 4.88. The summed E-state index contributed by atoms with van der Waals surface area (Å²) in [6.45, 7) is 4.69. The maximum atomic E-state index is 13.2. The highest BCUT2D eigenvalue weighted by Gasteiger charge is 2.26. The summed E-state index contributed by atoms with van der Waals surface area (Å²) in [6.07, 6.45) is 7.01. The van der Waals surface area contributed by atoms with Gasteiger partial charge >= 0.3 is 0 Å². The number of hydrogen-bond acceptors (Lipinski definition) is 3. The maximum Gasteiger partial charge on any atom is 0.275 e. The second kappa shape index (κ2) is 8.34. The fourth-order valence-electron chi connectivity index (χ4n) is 3.33. The third-order valence-corrected chi connectivity index (χ3v) is 4.88. The van der Waals surface area contributed by atoms with Crippen molar-refractivity contribution in [3.63, 3.8) is 0 Å². The van der Waals surface area contributed by atoms with Crippen molar-refractivity contribution in [3.05, 3.63) is 42.0 Å². The van der Waals surface area contributed by atoms with Crippen molar-refractivity contribution in [2.75, 3.05) is 6.61 Å². The number of amides is 1. The number of halogens is 1. The quantitative estimate of drug-likeness (QED) is 0.844. The normalized spacial score (nSPS) is 20.0. The number of nitrogens with one attached hydrogen (secondary N) is 1. The molecule has 1 fully saturated rings. The Labute approximate surface area is 153 Å². The van der Waals surface area contributed by atoms with E-state index in [2.05, 4.69) is 17.3 Å². The molecular formula is C20H26FN3O2. The van der Waals surface area contributed by atoms with Crippen LogP contribution in [0, 0.1) is 11.7 Å². The summed E-state index contributed by atoms with van der Waals surface area (Å²) in [7, 11) is 0. The van der Waals surface area contributed by atoms with Crippen LogP contribution in [0.5, 0.6) is 5.75 Å².